The molecule has 0 radical (unpaired) electrons. The van der Waals surface area contributed by atoms with E-state index in [1.807, 2.05) is 0 Å². The number of carbonyl (C=O) groups is 2. The van der Waals surface area contributed by atoms with Gasteiger partial charge in [-0.2, -0.15) is 0 Å². The summed E-state index contributed by atoms with van der Waals surface area (Å²) >= 11 is 3.58. The van der Waals surface area contributed by atoms with Gasteiger partial charge in [-0.05, 0) is 20.3 Å². The first-order chi connectivity index (χ1) is 6.06. The number of nitrogens with one attached hydrogen (secondary N) is 1. The molecule has 0 aromatic rings. The number of hydrogen-bond acceptors (Lipinski definition) is 4. The summed E-state index contributed by atoms with van der Waals surface area (Å²) in [5.74, 6) is -0.442. The summed E-state index contributed by atoms with van der Waals surface area (Å²) in [6.45, 7) is 3.58. The molecule has 5 heteroatoms. The predicted octanol–water partition coefficient (Wildman–Crippen LogP) is 1.07. The summed E-state index contributed by atoms with van der Waals surface area (Å²) in [5, 5.41) is 0. The van der Waals surface area contributed by atoms with Crippen LogP contribution in [-0.4, -0.2) is 18.0 Å². The van der Waals surface area contributed by atoms with E-state index in [9.17, 15) is 9.59 Å². The maximum absolute atomic E-state index is 11.0. The fraction of sp³-hybridized carbons (Fsp3) is 0.750. The van der Waals surface area contributed by atoms with Crippen molar-refractivity contribution >= 4 is 24.7 Å². The Labute approximate surface area is 83.6 Å². The van der Waals surface area contributed by atoms with E-state index in [0.29, 0.717) is 12.8 Å². The van der Waals surface area contributed by atoms with Crippen LogP contribution >= 0.6 is 12.8 Å². The summed E-state index contributed by atoms with van der Waals surface area (Å²) in [6, 6.07) is 0. The smallest absolute Gasteiger partial charge is 0.306 e. The molecule has 0 atom stereocenters. The lowest BCUT2D eigenvalue weighted by Gasteiger charge is -2.06. The van der Waals surface area contributed by atoms with E-state index >= 15 is 0 Å². The van der Waals surface area contributed by atoms with Crippen LogP contribution in [0.5, 0.6) is 0 Å². The molecular weight excluding hydrogens is 190 g/mol. The monoisotopic (exact) mass is 205 g/mol. The van der Waals surface area contributed by atoms with E-state index in [1.165, 1.54) is 0 Å². The molecule has 0 aromatic heterocycles. The topological polar surface area (TPSA) is 55.4 Å². The van der Waals surface area contributed by atoms with Gasteiger partial charge >= 0.3 is 5.97 Å². The lowest BCUT2D eigenvalue weighted by molar-refractivity contribution is -0.147. The van der Waals surface area contributed by atoms with Gasteiger partial charge in [0, 0.05) is 12.8 Å². The summed E-state index contributed by atoms with van der Waals surface area (Å²) < 4.78 is 7.06. The largest absolute Gasteiger partial charge is 0.463 e. The number of rotatable bonds is 5. The molecule has 0 saturated heterocycles. The predicted molar refractivity (Wildman–Crippen MR) is 52.2 cm³/mol. The molecule has 0 unspecified atom stereocenters. The highest BCUT2D eigenvalue weighted by Crippen LogP contribution is 2.00. The lowest BCUT2D eigenvalue weighted by atomic mass is 10.2. The van der Waals surface area contributed by atoms with Crippen LogP contribution in [0.2, 0.25) is 0 Å². The number of hydrogen-bond donors (Lipinski definition) is 2. The number of carbonyl (C=O) groups excluding carboxylic acids is 2. The van der Waals surface area contributed by atoms with Gasteiger partial charge in [-0.1, -0.05) is 12.8 Å². The summed E-state index contributed by atoms with van der Waals surface area (Å²) in [5.41, 5.74) is 0. The van der Waals surface area contributed by atoms with Crippen molar-refractivity contribution in [2.24, 2.45) is 0 Å². The third-order valence-corrected chi connectivity index (χ3v) is 1.53. The molecule has 0 bridgehead atoms. The Morgan fingerprint density at radius 3 is 2.46 bits per heavy atom. The van der Waals surface area contributed by atoms with Gasteiger partial charge in [-0.3, -0.25) is 9.59 Å². The minimum Gasteiger partial charge on any atom is -0.463 e. The maximum Gasteiger partial charge on any atom is 0.306 e. The van der Waals surface area contributed by atoms with Crippen LogP contribution in [0.25, 0.3) is 0 Å². The standard InChI is InChI=1S/C8H15NO3S/c1-6(2)12-8(11)5-3-4-7(10)9-13/h6,13H,3-5H2,1-2H3,(H,9,10). The summed E-state index contributed by atoms with van der Waals surface area (Å²) in [6.07, 6.45) is 0.986. The minimum atomic E-state index is -0.262. The van der Waals surface area contributed by atoms with Gasteiger partial charge in [0.1, 0.15) is 0 Å². The van der Waals surface area contributed by atoms with E-state index < -0.39 is 0 Å². The van der Waals surface area contributed by atoms with Crippen LogP contribution in [0, 0.1) is 0 Å². The van der Waals surface area contributed by atoms with E-state index in [0.717, 1.165) is 0 Å². The van der Waals surface area contributed by atoms with E-state index in [1.54, 1.807) is 13.8 Å². The molecule has 0 rings (SSSR count). The maximum atomic E-state index is 11.0. The molecule has 1 N–H and O–H groups in total. The molecule has 0 aromatic carbocycles. The van der Waals surface area contributed by atoms with Crippen molar-refractivity contribution in [3.63, 3.8) is 0 Å². The zero-order valence-electron chi connectivity index (χ0n) is 7.87. The zero-order valence-corrected chi connectivity index (χ0v) is 8.77. The Kier molecular flexibility index (Phi) is 6.40. The molecule has 0 fully saturated rings. The van der Waals surface area contributed by atoms with Crippen LogP contribution in [0.15, 0.2) is 0 Å². The van der Waals surface area contributed by atoms with Crippen LogP contribution in [0.1, 0.15) is 33.1 Å². The van der Waals surface area contributed by atoms with Crippen molar-refractivity contribution in [2.75, 3.05) is 0 Å². The van der Waals surface area contributed by atoms with Crippen LogP contribution in [-0.2, 0) is 14.3 Å². The fourth-order valence-corrected chi connectivity index (χ4v) is 0.883. The van der Waals surface area contributed by atoms with Crippen LogP contribution in [0.4, 0.5) is 0 Å². The quantitative estimate of drug-likeness (QED) is 0.521. The SMILES string of the molecule is CC(C)OC(=O)CCCC(=O)NS. The first-order valence-corrected chi connectivity index (χ1v) is 4.63. The van der Waals surface area contributed by atoms with Gasteiger partial charge in [0.15, 0.2) is 0 Å². The summed E-state index contributed by atoms with van der Waals surface area (Å²) in [4.78, 5) is 21.6. The highest BCUT2D eigenvalue weighted by molar-refractivity contribution is 7.78. The van der Waals surface area contributed by atoms with E-state index in [-0.39, 0.29) is 24.4 Å². The van der Waals surface area contributed by atoms with Crippen molar-refractivity contribution in [1.29, 1.82) is 0 Å². The van der Waals surface area contributed by atoms with Crippen molar-refractivity contribution in [2.45, 2.75) is 39.2 Å². The molecule has 4 nitrogen and oxygen atoms in total. The first-order valence-electron chi connectivity index (χ1n) is 4.18. The summed E-state index contributed by atoms with van der Waals surface area (Å²) in [7, 11) is 0. The van der Waals surface area contributed by atoms with Gasteiger partial charge in [0.2, 0.25) is 5.91 Å². The fourth-order valence-electron chi connectivity index (χ4n) is 0.771. The number of amides is 1. The Balaban J connectivity index is 3.42. The van der Waals surface area contributed by atoms with E-state index in [4.69, 9.17) is 4.74 Å². The molecule has 1 amide bonds. The Bertz CT molecular complexity index is 182. The third-order valence-electron chi connectivity index (χ3n) is 1.28. The molecule has 76 valence electrons. The normalized spacial score (nSPS) is 9.85. The lowest BCUT2D eigenvalue weighted by Crippen LogP contribution is -2.14. The molecular formula is C8H15NO3S. The second-order valence-electron chi connectivity index (χ2n) is 2.93. The Morgan fingerprint density at radius 2 is 2.00 bits per heavy atom. The minimum absolute atomic E-state index is 0.0915. The highest BCUT2D eigenvalue weighted by atomic mass is 32.1. The van der Waals surface area contributed by atoms with Crippen molar-refractivity contribution < 1.29 is 14.3 Å². The number of esters is 1. The third kappa shape index (κ3) is 7.64. The Hall–Kier alpha value is -0.710. The van der Waals surface area contributed by atoms with Gasteiger partial charge in [0.25, 0.3) is 0 Å². The highest BCUT2D eigenvalue weighted by Gasteiger charge is 2.06. The molecule has 0 heterocycles. The molecule has 13 heavy (non-hydrogen) atoms. The van der Waals surface area contributed by atoms with Crippen LogP contribution in [0.3, 0.4) is 0 Å². The first kappa shape index (κ1) is 12.3. The molecule has 0 aliphatic heterocycles. The van der Waals surface area contributed by atoms with Crippen molar-refractivity contribution in [1.82, 2.24) is 4.72 Å². The van der Waals surface area contributed by atoms with Crippen LogP contribution < -0.4 is 4.72 Å². The molecule has 0 aliphatic carbocycles. The van der Waals surface area contributed by atoms with E-state index in [2.05, 4.69) is 17.5 Å². The second-order valence-corrected chi connectivity index (χ2v) is 3.15. The number of ether oxygens (including phenoxy) is 1. The van der Waals surface area contributed by atoms with Gasteiger partial charge in [0.05, 0.1) is 6.10 Å². The number of thiol groups is 1. The zero-order chi connectivity index (χ0) is 10.3. The molecule has 0 saturated carbocycles. The second kappa shape index (κ2) is 6.77. The Morgan fingerprint density at radius 1 is 1.38 bits per heavy atom. The van der Waals surface area contributed by atoms with Gasteiger partial charge in [-0.15, -0.1) is 0 Å². The average Bonchev–Trinajstić information content (AvgIpc) is 2.02. The average molecular weight is 205 g/mol. The van der Waals surface area contributed by atoms with Crippen molar-refractivity contribution in [3.8, 4) is 0 Å². The van der Waals surface area contributed by atoms with Crippen molar-refractivity contribution in [3.05, 3.63) is 0 Å². The van der Waals surface area contributed by atoms with Gasteiger partial charge < -0.3 is 9.46 Å². The molecule has 0 aliphatic rings. The van der Waals surface area contributed by atoms with Gasteiger partial charge in [-0.25, -0.2) is 0 Å². The molecule has 0 spiro atoms.